The van der Waals surface area contributed by atoms with Gasteiger partial charge < -0.3 is 16.0 Å². The van der Waals surface area contributed by atoms with Crippen LogP contribution < -0.4 is 11.1 Å². The number of hydrogen-bond acceptors (Lipinski definition) is 4. The van der Waals surface area contributed by atoms with E-state index in [1.807, 2.05) is 0 Å². The molecule has 1 saturated heterocycles. The maximum absolute atomic E-state index is 12.8. The standard InChI is InChI=1S/C18H33N3O2S.ClH/c1-18(2,3)9-16(22)21-12-24-11-15(21)17(23)20-14(10-19)13-7-5-4-6-8-13;/h13-15H,4-12,19H2,1-3H3,(H,20,23);1H. The number of rotatable bonds is 5. The molecule has 0 aromatic carbocycles. The second kappa shape index (κ2) is 10.0. The summed E-state index contributed by atoms with van der Waals surface area (Å²) in [5.74, 6) is 1.84. The Balaban J connectivity index is 0.00000312. The smallest absolute Gasteiger partial charge is 0.243 e. The van der Waals surface area contributed by atoms with Crippen molar-refractivity contribution in [1.29, 1.82) is 0 Å². The lowest BCUT2D eigenvalue weighted by molar-refractivity contribution is -0.139. The summed E-state index contributed by atoms with van der Waals surface area (Å²) in [4.78, 5) is 27.1. The van der Waals surface area contributed by atoms with E-state index in [0.29, 0.717) is 30.5 Å². The Kier molecular flexibility index (Phi) is 9.05. The SMILES string of the molecule is CC(C)(C)CC(=O)N1CSCC1C(=O)NC(CN)C1CCCCC1.Cl. The number of thioether (sulfide) groups is 1. The number of carbonyl (C=O) groups excluding carboxylic acids is 2. The lowest BCUT2D eigenvalue weighted by Gasteiger charge is -2.32. The van der Waals surface area contributed by atoms with E-state index in [2.05, 4.69) is 26.1 Å². The minimum absolute atomic E-state index is 0. The number of amides is 2. The van der Waals surface area contributed by atoms with E-state index in [0.717, 1.165) is 12.8 Å². The van der Waals surface area contributed by atoms with E-state index in [4.69, 9.17) is 5.73 Å². The summed E-state index contributed by atoms with van der Waals surface area (Å²) in [6.07, 6.45) is 6.51. The fourth-order valence-corrected chi connectivity index (χ4v) is 4.83. The molecule has 2 fully saturated rings. The summed E-state index contributed by atoms with van der Waals surface area (Å²) in [5.41, 5.74) is 5.87. The normalized spacial score (nSPS) is 23.0. The van der Waals surface area contributed by atoms with Crippen LogP contribution in [0.2, 0.25) is 0 Å². The van der Waals surface area contributed by atoms with Crippen molar-refractivity contribution < 1.29 is 9.59 Å². The highest BCUT2D eigenvalue weighted by Gasteiger charge is 2.37. The maximum Gasteiger partial charge on any atom is 0.243 e. The third-order valence-corrected chi connectivity index (χ3v) is 6.00. The quantitative estimate of drug-likeness (QED) is 0.755. The molecule has 5 nitrogen and oxygen atoms in total. The van der Waals surface area contributed by atoms with Crippen molar-refractivity contribution in [2.45, 2.75) is 71.4 Å². The Morgan fingerprint density at radius 2 is 1.88 bits per heavy atom. The molecule has 0 bridgehead atoms. The zero-order chi connectivity index (χ0) is 17.7. The Labute approximate surface area is 162 Å². The number of halogens is 1. The molecule has 2 amide bonds. The van der Waals surface area contributed by atoms with E-state index in [1.54, 1.807) is 16.7 Å². The molecule has 2 aliphatic rings. The van der Waals surface area contributed by atoms with Crippen LogP contribution in [0.3, 0.4) is 0 Å². The second-order valence-electron chi connectivity index (χ2n) is 8.37. The lowest BCUT2D eigenvalue weighted by Crippen LogP contribution is -2.54. The molecule has 2 atom stereocenters. The summed E-state index contributed by atoms with van der Waals surface area (Å²) < 4.78 is 0. The summed E-state index contributed by atoms with van der Waals surface area (Å²) in [6.45, 7) is 6.64. The van der Waals surface area contributed by atoms with E-state index >= 15 is 0 Å². The highest BCUT2D eigenvalue weighted by atomic mass is 35.5. The molecule has 2 unspecified atom stereocenters. The molecular formula is C18H34ClN3O2S. The second-order valence-corrected chi connectivity index (χ2v) is 9.37. The molecule has 1 aliphatic carbocycles. The number of carbonyl (C=O) groups is 2. The van der Waals surface area contributed by atoms with Crippen molar-refractivity contribution in [2.24, 2.45) is 17.1 Å². The van der Waals surface area contributed by atoms with Gasteiger partial charge in [0.1, 0.15) is 6.04 Å². The maximum atomic E-state index is 12.8. The summed E-state index contributed by atoms with van der Waals surface area (Å²) in [7, 11) is 0. The number of nitrogens with zero attached hydrogens (tertiary/aromatic N) is 1. The van der Waals surface area contributed by atoms with Crippen LogP contribution in [0.4, 0.5) is 0 Å². The van der Waals surface area contributed by atoms with Crippen LogP contribution in [0.1, 0.15) is 59.3 Å². The molecule has 3 N–H and O–H groups in total. The van der Waals surface area contributed by atoms with Gasteiger partial charge in [-0.15, -0.1) is 24.2 Å². The van der Waals surface area contributed by atoms with Crippen LogP contribution in [0.5, 0.6) is 0 Å². The van der Waals surface area contributed by atoms with E-state index in [1.165, 1.54) is 19.3 Å². The van der Waals surface area contributed by atoms with Gasteiger partial charge in [0.2, 0.25) is 11.8 Å². The minimum Gasteiger partial charge on any atom is -0.350 e. The van der Waals surface area contributed by atoms with Gasteiger partial charge >= 0.3 is 0 Å². The number of nitrogens with two attached hydrogens (primary N) is 1. The third-order valence-electron chi connectivity index (χ3n) is 4.99. The van der Waals surface area contributed by atoms with Gasteiger partial charge in [-0.2, -0.15) is 0 Å². The Hall–Kier alpha value is -0.460. The summed E-state index contributed by atoms with van der Waals surface area (Å²) >= 11 is 1.66. The van der Waals surface area contributed by atoms with Gasteiger partial charge in [0.05, 0.1) is 5.88 Å². The predicted octanol–water partition coefficient (Wildman–Crippen LogP) is 2.77. The number of hydrogen-bond donors (Lipinski definition) is 2. The van der Waals surface area contributed by atoms with E-state index in [-0.39, 0.29) is 41.7 Å². The van der Waals surface area contributed by atoms with Crippen molar-refractivity contribution in [1.82, 2.24) is 10.2 Å². The first-order valence-corrected chi connectivity index (χ1v) is 10.3. The third kappa shape index (κ3) is 6.65. The monoisotopic (exact) mass is 391 g/mol. The molecular weight excluding hydrogens is 358 g/mol. The molecule has 7 heteroatoms. The van der Waals surface area contributed by atoms with E-state index in [9.17, 15) is 9.59 Å². The van der Waals surface area contributed by atoms with Crippen molar-refractivity contribution in [2.75, 3.05) is 18.2 Å². The molecule has 1 aliphatic heterocycles. The number of nitrogens with one attached hydrogen (secondary N) is 1. The van der Waals surface area contributed by atoms with Crippen LogP contribution in [0, 0.1) is 11.3 Å². The van der Waals surface area contributed by atoms with Crippen molar-refractivity contribution in [3.8, 4) is 0 Å². The van der Waals surface area contributed by atoms with Gasteiger partial charge in [0.25, 0.3) is 0 Å². The predicted molar refractivity (Wildman–Crippen MR) is 107 cm³/mol. The topological polar surface area (TPSA) is 75.4 Å². The lowest BCUT2D eigenvalue weighted by atomic mass is 9.84. The average molecular weight is 392 g/mol. The Morgan fingerprint density at radius 1 is 1.24 bits per heavy atom. The molecule has 1 saturated carbocycles. The highest BCUT2D eigenvalue weighted by molar-refractivity contribution is 7.99. The van der Waals surface area contributed by atoms with Crippen LogP contribution >= 0.6 is 24.2 Å². The van der Waals surface area contributed by atoms with E-state index < -0.39 is 0 Å². The zero-order valence-corrected chi connectivity index (χ0v) is 17.4. The molecule has 1 heterocycles. The van der Waals surface area contributed by atoms with Gasteiger partial charge in [-0.25, -0.2) is 0 Å². The van der Waals surface area contributed by atoms with Gasteiger partial charge in [-0.3, -0.25) is 9.59 Å². The molecule has 0 aromatic heterocycles. The van der Waals surface area contributed by atoms with Gasteiger partial charge in [-0.05, 0) is 24.2 Å². The largest absolute Gasteiger partial charge is 0.350 e. The summed E-state index contributed by atoms with van der Waals surface area (Å²) in [6, 6.07) is -0.301. The minimum atomic E-state index is -0.345. The van der Waals surface area contributed by atoms with Crippen molar-refractivity contribution in [3.05, 3.63) is 0 Å². The molecule has 146 valence electrons. The van der Waals surface area contributed by atoms with Crippen molar-refractivity contribution >= 4 is 36.0 Å². The van der Waals surface area contributed by atoms with Gasteiger partial charge in [0.15, 0.2) is 0 Å². The first kappa shape index (κ1) is 22.6. The Bertz CT molecular complexity index is 450. The average Bonchev–Trinajstić information content (AvgIpc) is 3.01. The molecule has 0 spiro atoms. The highest BCUT2D eigenvalue weighted by Crippen LogP contribution is 2.28. The fraction of sp³-hybridized carbons (Fsp3) is 0.889. The van der Waals surface area contributed by atoms with Gasteiger partial charge in [0, 0.05) is 24.8 Å². The molecule has 2 rings (SSSR count). The van der Waals surface area contributed by atoms with Crippen molar-refractivity contribution in [3.63, 3.8) is 0 Å². The molecule has 25 heavy (non-hydrogen) atoms. The van der Waals surface area contributed by atoms with Crippen LogP contribution in [0.25, 0.3) is 0 Å². The first-order chi connectivity index (χ1) is 11.3. The molecule has 0 radical (unpaired) electrons. The van der Waals surface area contributed by atoms with Gasteiger partial charge in [-0.1, -0.05) is 40.0 Å². The molecule has 0 aromatic rings. The Morgan fingerprint density at radius 3 is 2.44 bits per heavy atom. The van der Waals surface area contributed by atoms with Crippen LogP contribution in [-0.4, -0.2) is 47.0 Å². The zero-order valence-electron chi connectivity index (χ0n) is 15.8. The first-order valence-electron chi connectivity index (χ1n) is 9.19. The van der Waals surface area contributed by atoms with Crippen LogP contribution in [-0.2, 0) is 9.59 Å². The summed E-state index contributed by atoms with van der Waals surface area (Å²) in [5, 5.41) is 3.15. The van der Waals surface area contributed by atoms with Crippen LogP contribution in [0.15, 0.2) is 0 Å². The fourth-order valence-electron chi connectivity index (χ4n) is 3.65.